The molecule has 0 unspecified atom stereocenters. The van der Waals surface area contributed by atoms with Gasteiger partial charge in [-0.1, -0.05) is 13.8 Å². The summed E-state index contributed by atoms with van der Waals surface area (Å²) in [4.78, 5) is 39.0. The van der Waals surface area contributed by atoms with Crippen molar-refractivity contribution in [2.75, 3.05) is 26.9 Å². The van der Waals surface area contributed by atoms with Crippen molar-refractivity contribution in [2.24, 2.45) is 0 Å². The van der Waals surface area contributed by atoms with E-state index in [2.05, 4.69) is 0 Å². The molecule has 1 amide bonds. The Bertz CT molecular complexity index is 1400. The van der Waals surface area contributed by atoms with E-state index in [1.54, 1.807) is 25.3 Å². The molecule has 0 spiro atoms. The molecule has 0 fully saturated rings. The van der Waals surface area contributed by atoms with Crippen molar-refractivity contribution in [1.82, 2.24) is 4.90 Å². The lowest BCUT2D eigenvalue weighted by Crippen LogP contribution is -2.24. The van der Waals surface area contributed by atoms with Crippen molar-refractivity contribution in [3.05, 3.63) is 46.3 Å². The van der Waals surface area contributed by atoms with Gasteiger partial charge in [0.15, 0.2) is 28.8 Å². The summed E-state index contributed by atoms with van der Waals surface area (Å²) < 4.78 is 23.1. The normalized spacial score (nSPS) is 12.3. The van der Waals surface area contributed by atoms with Crippen molar-refractivity contribution in [3.8, 4) is 23.0 Å². The van der Waals surface area contributed by atoms with Gasteiger partial charge >= 0.3 is 5.97 Å². The first kappa shape index (κ1) is 30.2. The van der Waals surface area contributed by atoms with E-state index in [4.69, 9.17) is 18.9 Å². The third-order valence-electron chi connectivity index (χ3n) is 6.72. The number of nitrogens with zero attached hydrogens (tertiary/aromatic N) is 1. The number of thiophene rings is 1. The fraction of sp³-hybridized carbons (Fsp3) is 0.452. The van der Waals surface area contributed by atoms with E-state index < -0.39 is 0 Å². The molecule has 0 atom stereocenters. The van der Waals surface area contributed by atoms with Crippen LogP contribution in [0.4, 0.5) is 0 Å². The maximum absolute atomic E-state index is 12.6. The first-order valence-electron chi connectivity index (χ1n) is 14.0. The van der Waals surface area contributed by atoms with Crippen molar-refractivity contribution in [1.29, 1.82) is 0 Å². The summed E-state index contributed by atoms with van der Waals surface area (Å²) in [5, 5.41) is 11.2. The number of hydrogen-bond donors (Lipinski definition) is 1. The highest BCUT2D eigenvalue weighted by Crippen LogP contribution is 2.37. The molecule has 1 aliphatic rings. The van der Waals surface area contributed by atoms with E-state index in [-0.39, 0.29) is 36.3 Å². The molecule has 2 heterocycles. The summed E-state index contributed by atoms with van der Waals surface area (Å²) in [5.41, 5.74) is 2.13. The van der Waals surface area contributed by atoms with Crippen LogP contribution >= 0.6 is 11.3 Å². The number of phenolic OH excluding ortho intramolecular Hbond substituents is 1. The summed E-state index contributed by atoms with van der Waals surface area (Å²) >= 11 is 1.27. The van der Waals surface area contributed by atoms with E-state index in [0.29, 0.717) is 67.9 Å². The number of benzene rings is 2. The summed E-state index contributed by atoms with van der Waals surface area (Å²) in [7, 11) is 1.59. The Morgan fingerprint density at radius 3 is 2.24 bits per heavy atom. The standard InChI is InChI=1S/C31H37NO8S/c1-4-7-30(35)32-18-21-14-26(37-3)27(15-22(21)19-32)39-12-6-11-38-25-13-20-16-29(41-28(20)17-24(25)34)23(33)8-9-31(36)40-10-5-2/h13-17,34H,4-12,18-19H2,1-3H3. The smallest absolute Gasteiger partial charge is 0.306 e. The van der Waals surface area contributed by atoms with Crippen LogP contribution in [0.25, 0.3) is 10.1 Å². The number of amides is 1. The van der Waals surface area contributed by atoms with Crippen LogP contribution in [-0.2, 0) is 27.4 Å². The number of carbonyl (C=O) groups is 3. The second-order valence-corrected chi connectivity index (χ2v) is 11.0. The van der Waals surface area contributed by atoms with E-state index >= 15 is 0 Å². The van der Waals surface area contributed by atoms with Gasteiger partial charge in [0.1, 0.15) is 0 Å². The number of esters is 1. The van der Waals surface area contributed by atoms with Gasteiger partial charge in [-0.25, -0.2) is 0 Å². The van der Waals surface area contributed by atoms with Crippen molar-refractivity contribution < 1.29 is 38.4 Å². The Morgan fingerprint density at radius 1 is 0.854 bits per heavy atom. The monoisotopic (exact) mass is 583 g/mol. The zero-order valence-electron chi connectivity index (χ0n) is 23.8. The van der Waals surface area contributed by atoms with Gasteiger partial charge in [-0.2, -0.15) is 0 Å². The summed E-state index contributed by atoms with van der Waals surface area (Å²) in [6, 6.07) is 8.93. The molecule has 3 aromatic rings. The molecule has 41 heavy (non-hydrogen) atoms. The lowest BCUT2D eigenvalue weighted by atomic mass is 10.1. The summed E-state index contributed by atoms with van der Waals surface area (Å²) in [6.07, 6.45) is 2.78. The van der Waals surface area contributed by atoms with Crippen molar-refractivity contribution >= 4 is 39.1 Å². The number of methoxy groups -OCH3 is 1. The van der Waals surface area contributed by atoms with Crippen LogP contribution in [0.15, 0.2) is 30.3 Å². The highest BCUT2D eigenvalue weighted by atomic mass is 32.1. The average Bonchev–Trinajstić information content (AvgIpc) is 3.57. The number of rotatable bonds is 15. The van der Waals surface area contributed by atoms with Gasteiger partial charge in [0, 0.05) is 43.1 Å². The van der Waals surface area contributed by atoms with Crippen LogP contribution in [0, 0.1) is 0 Å². The highest BCUT2D eigenvalue weighted by molar-refractivity contribution is 7.20. The van der Waals surface area contributed by atoms with Crippen molar-refractivity contribution in [2.45, 2.75) is 65.5 Å². The fourth-order valence-electron chi connectivity index (χ4n) is 4.58. The molecule has 9 nitrogen and oxygen atoms in total. The Morgan fingerprint density at radius 2 is 1.56 bits per heavy atom. The predicted octanol–water partition coefficient (Wildman–Crippen LogP) is 6.02. The zero-order chi connectivity index (χ0) is 29.4. The van der Waals surface area contributed by atoms with Gasteiger partial charge in [-0.15, -0.1) is 11.3 Å². The minimum Gasteiger partial charge on any atom is -0.504 e. The number of Topliss-reactive ketones (excluding diaryl/α,β-unsaturated/α-hetero) is 1. The second-order valence-electron chi connectivity index (χ2n) is 9.93. The molecule has 0 radical (unpaired) electrons. The number of carbonyl (C=O) groups excluding carboxylic acids is 3. The van der Waals surface area contributed by atoms with E-state index in [0.717, 1.165) is 34.1 Å². The molecule has 0 aliphatic carbocycles. The lowest BCUT2D eigenvalue weighted by Gasteiger charge is -2.14. The number of fused-ring (bicyclic) bond motifs is 2. The SMILES string of the molecule is CCCOC(=O)CCC(=O)c1cc2cc(OCCCOc3cc4c(cc3OC)CN(C(=O)CCC)C4)c(O)cc2s1. The van der Waals surface area contributed by atoms with Gasteiger partial charge in [0.25, 0.3) is 0 Å². The molecule has 220 valence electrons. The van der Waals surface area contributed by atoms with E-state index in [9.17, 15) is 19.5 Å². The first-order chi connectivity index (χ1) is 19.8. The minimum absolute atomic E-state index is 0.00937. The maximum atomic E-state index is 12.6. The van der Waals surface area contributed by atoms with Crippen LogP contribution in [0.3, 0.4) is 0 Å². The third-order valence-corrected chi connectivity index (χ3v) is 7.86. The number of ether oxygens (including phenoxy) is 4. The predicted molar refractivity (Wildman–Crippen MR) is 156 cm³/mol. The average molecular weight is 584 g/mol. The Kier molecular flexibility index (Phi) is 10.5. The quantitative estimate of drug-likeness (QED) is 0.131. The molecule has 2 aromatic carbocycles. The Labute approximate surface area is 244 Å². The van der Waals surface area contributed by atoms with Crippen LogP contribution in [0.2, 0.25) is 0 Å². The third kappa shape index (κ3) is 7.70. The first-order valence-corrected chi connectivity index (χ1v) is 14.8. The van der Waals surface area contributed by atoms with E-state index in [1.807, 2.05) is 30.9 Å². The fourth-order valence-corrected chi connectivity index (χ4v) is 5.63. The summed E-state index contributed by atoms with van der Waals surface area (Å²) in [6.45, 7) is 6.10. The molecule has 1 N–H and O–H groups in total. The number of hydrogen-bond acceptors (Lipinski definition) is 9. The highest BCUT2D eigenvalue weighted by Gasteiger charge is 2.25. The molecular formula is C31H37NO8S. The topological polar surface area (TPSA) is 112 Å². The minimum atomic E-state index is -0.376. The molecule has 0 saturated heterocycles. The van der Waals surface area contributed by atoms with Gasteiger partial charge in [0.05, 0.1) is 38.2 Å². The largest absolute Gasteiger partial charge is 0.504 e. The van der Waals surface area contributed by atoms with Crippen LogP contribution < -0.4 is 14.2 Å². The molecule has 0 bridgehead atoms. The van der Waals surface area contributed by atoms with Gasteiger partial charge in [0.2, 0.25) is 5.91 Å². The van der Waals surface area contributed by atoms with Crippen LogP contribution in [-0.4, -0.2) is 54.6 Å². The molecule has 1 aromatic heterocycles. The molecule has 0 saturated carbocycles. The second kappa shape index (κ2) is 14.2. The van der Waals surface area contributed by atoms with Crippen molar-refractivity contribution in [3.63, 3.8) is 0 Å². The number of phenols is 1. The zero-order valence-corrected chi connectivity index (χ0v) is 24.6. The molecule has 1 aliphatic heterocycles. The van der Waals surface area contributed by atoms with Gasteiger partial charge in [-0.05, 0) is 53.6 Å². The number of ketones is 1. The maximum Gasteiger partial charge on any atom is 0.306 e. The summed E-state index contributed by atoms with van der Waals surface area (Å²) in [5.74, 6) is 1.19. The van der Waals surface area contributed by atoms with Crippen LogP contribution in [0.1, 0.15) is 73.2 Å². The Hall–Kier alpha value is -3.79. The van der Waals surface area contributed by atoms with Gasteiger partial charge in [-0.3, -0.25) is 14.4 Å². The Balaban J connectivity index is 1.29. The molecule has 4 rings (SSSR count). The molecule has 10 heteroatoms. The van der Waals surface area contributed by atoms with Crippen LogP contribution in [0.5, 0.6) is 23.0 Å². The molecular weight excluding hydrogens is 546 g/mol. The van der Waals surface area contributed by atoms with E-state index in [1.165, 1.54) is 11.3 Å². The van der Waals surface area contributed by atoms with Gasteiger partial charge < -0.3 is 29.0 Å². The lowest BCUT2D eigenvalue weighted by molar-refractivity contribution is -0.143. The number of aromatic hydroxyl groups is 1.